The van der Waals surface area contributed by atoms with Crippen molar-refractivity contribution in [3.63, 3.8) is 0 Å². The van der Waals surface area contributed by atoms with Gasteiger partial charge in [-0.2, -0.15) is 0 Å². The Hall–Kier alpha value is -0.890. The zero-order valence-corrected chi connectivity index (χ0v) is 8.26. The molecular formula is C11H15FO. The summed E-state index contributed by atoms with van der Waals surface area (Å²) >= 11 is 0. The molecule has 1 rings (SSSR count). The molecule has 0 heterocycles. The van der Waals surface area contributed by atoms with E-state index in [1.54, 1.807) is 0 Å². The summed E-state index contributed by atoms with van der Waals surface area (Å²) in [6.07, 6.45) is -0.138. The van der Waals surface area contributed by atoms with Crippen molar-refractivity contribution in [1.82, 2.24) is 0 Å². The van der Waals surface area contributed by atoms with Gasteiger partial charge in [0, 0.05) is 5.56 Å². The molecule has 1 N–H and O–H groups in total. The molecule has 1 unspecified atom stereocenters. The SMILES string of the molecule is CCC(O)c1c(C)cc(C)cc1F. The van der Waals surface area contributed by atoms with Crippen LogP contribution in [0.25, 0.3) is 0 Å². The van der Waals surface area contributed by atoms with Crippen LogP contribution >= 0.6 is 0 Å². The van der Waals surface area contributed by atoms with Crippen LogP contribution in [0.4, 0.5) is 4.39 Å². The fourth-order valence-corrected chi connectivity index (χ4v) is 1.55. The van der Waals surface area contributed by atoms with Crippen LogP contribution in [0.2, 0.25) is 0 Å². The Balaban J connectivity index is 3.20. The summed E-state index contributed by atoms with van der Waals surface area (Å²) in [4.78, 5) is 0. The molecular weight excluding hydrogens is 167 g/mol. The van der Waals surface area contributed by atoms with Gasteiger partial charge >= 0.3 is 0 Å². The second kappa shape index (κ2) is 3.88. The predicted molar refractivity (Wildman–Crippen MR) is 51.1 cm³/mol. The maximum absolute atomic E-state index is 13.4. The summed E-state index contributed by atoms with van der Waals surface area (Å²) in [6, 6.07) is 3.35. The molecule has 13 heavy (non-hydrogen) atoms. The normalized spacial score (nSPS) is 13.0. The zero-order valence-electron chi connectivity index (χ0n) is 8.26. The van der Waals surface area contributed by atoms with Crippen LogP contribution in [0.3, 0.4) is 0 Å². The number of hydrogen-bond donors (Lipinski definition) is 1. The Morgan fingerprint density at radius 3 is 2.46 bits per heavy atom. The molecule has 0 saturated carbocycles. The maximum Gasteiger partial charge on any atom is 0.129 e. The third kappa shape index (κ3) is 2.07. The Bertz CT molecular complexity index is 284. The lowest BCUT2D eigenvalue weighted by atomic mass is 9.99. The molecule has 72 valence electrons. The quantitative estimate of drug-likeness (QED) is 0.745. The highest BCUT2D eigenvalue weighted by Crippen LogP contribution is 2.24. The number of aliphatic hydroxyl groups excluding tert-OH is 1. The van der Waals surface area contributed by atoms with E-state index in [1.807, 2.05) is 26.8 Å². The highest BCUT2D eigenvalue weighted by molar-refractivity contribution is 5.33. The lowest BCUT2D eigenvalue weighted by molar-refractivity contribution is 0.168. The van der Waals surface area contributed by atoms with Gasteiger partial charge in [0.05, 0.1) is 6.10 Å². The average Bonchev–Trinajstić information content (AvgIpc) is 2.02. The minimum absolute atomic E-state index is 0.299. The largest absolute Gasteiger partial charge is 0.388 e. The van der Waals surface area contributed by atoms with E-state index in [-0.39, 0.29) is 5.82 Å². The fraction of sp³-hybridized carbons (Fsp3) is 0.455. The Kier molecular flexibility index (Phi) is 3.04. The summed E-state index contributed by atoms with van der Waals surface area (Å²) in [5.74, 6) is -0.299. The topological polar surface area (TPSA) is 20.2 Å². The highest BCUT2D eigenvalue weighted by Gasteiger charge is 2.13. The number of hydrogen-bond acceptors (Lipinski definition) is 1. The van der Waals surface area contributed by atoms with Crippen LogP contribution < -0.4 is 0 Å². The van der Waals surface area contributed by atoms with Gasteiger partial charge in [-0.3, -0.25) is 0 Å². The van der Waals surface area contributed by atoms with Crippen LogP contribution in [0.1, 0.15) is 36.1 Å². The summed E-state index contributed by atoms with van der Waals surface area (Å²) in [7, 11) is 0. The molecule has 0 saturated heterocycles. The number of aliphatic hydroxyl groups is 1. The summed E-state index contributed by atoms with van der Waals surface area (Å²) in [6.45, 7) is 5.51. The average molecular weight is 182 g/mol. The number of benzene rings is 1. The minimum atomic E-state index is -0.680. The molecule has 1 atom stereocenters. The zero-order chi connectivity index (χ0) is 10.0. The summed E-state index contributed by atoms with van der Waals surface area (Å²) in [5.41, 5.74) is 2.15. The van der Waals surface area contributed by atoms with Crippen LogP contribution in [-0.4, -0.2) is 5.11 Å². The van der Waals surface area contributed by atoms with E-state index in [4.69, 9.17) is 0 Å². The van der Waals surface area contributed by atoms with Crippen molar-refractivity contribution < 1.29 is 9.50 Å². The van der Waals surface area contributed by atoms with Crippen molar-refractivity contribution in [3.8, 4) is 0 Å². The van der Waals surface area contributed by atoms with Crippen LogP contribution in [-0.2, 0) is 0 Å². The van der Waals surface area contributed by atoms with E-state index in [1.165, 1.54) is 6.07 Å². The van der Waals surface area contributed by atoms with E-state index in [0.29, 0.717) is 12.0 Å². The van der Waals surface area contributed by atoms with Crippen LogP contribution in [0.15, 0.2) is 12.1 Å². The van der Waals surface area contributed by atoms with Crippen LogP contribution in [0, 0.1) is 19.7 Å². The molecule has 0 aromatic heterocycles. The molecule has 0 amide bonds. The summed E-state index contributed by atoms with van der Waals surface area (Å²) < 4.78 is 13.4. The molecule has 1 aromatic rings. The van der Waals surface area contributed by atoms with Gasteiger partial charge in [-0.05, 0) is 37.5 Å². The molecule has 0 aliphatic rings. The van der Waals surface area contributed by atoms with Gasteiger partial charge in [-0.25, -0.2) is 4.39 Å². The first kappa shape index (κ1) is 10.2. The molecule has 0 radical (unpaired) electrons. The lowest BCUT2D eigenvalue weighted by Crippen LogP contribution is -2.02. The van der Waals surface area contributed by atoms with Gasteiger partial charge in [0.25, 0.3) is 0 Å². The number of halogens is 1. The smallest absolute Gasteiger partial charge is 0.129 e. The first-order chi connectivity index (χ1) is 6.06. The van der Waals surface area contributed by atoms with Crippen molar-refractivity contribution in [2.75, 3.05) is 0 Å². The van der Waals surface area contributed by atoms with E-state index in [0.717, 1.165) is 11.1 Å². The van der Waals surface area contributed by atoms with Gasteiger partial charge in [0.15, 0.2) is 0 Å². The molecule has 0 aliphatic carbocycles. The molecule has 0 spiro atoms. The standard InChI is InChI=1S/C11H15FO/c1-4-10(13)11-8(3)5-7(2)6-9(11)12/h5-6,10,13H,4H2,1-3H3. The molecule has 0 fully saturated rings. The van der Waals surface area contributed by atoms with Gasteiger partial charge in [-0.15, -0.1) is 0 Å². The molecule has 0 aliphatic heterocycles. The Morgan fingerprint density at radius 2 is 2.00 bits per heavy atom. The maximum atomic E-state index is 13.4. The third-order valence-electron chi connectivity index (χ3n) is 2.20. The van der Waals surface area contributed by atoms with Gasteiger partial charge in [-0.1, -0.05) is 13.0 Å². The van der Waals surface area contributed by atoms with Gasteiger partial charge in [0.1, 0.15) is 5.82 Å². The number of rotatable bonds is 2. The summed E-state index contributed by atoms with van der Waals surface area (Å²) in [5, 5.41) is 9.54. The molecule has 1 nitrogen and oxygen atoms in total. The van der Waals surface area contributed by atoms with Gasteiger partial charge in [0.2, 0.25) is 0 Å². The molecule has 2 heteroatoms. The first-order valence-electron chi connectivity index (χ1n) is 4.51. The first-order valence-corrected chi connectivity index (χ1v) is 4.51. The predicted octanol–water partition coefficient (Wildman–Crippen LogP) is 2.89. The monoisotopic (exact) mass is 182 g/mol. The van der Waals surface area contributed by atoms with E-state index < -0.39 is 6.10 Å². The van der Waals surface area contributed by atoms with Crippen molar-refractivity contribution in [2.45, 2.75) is 33.3 Å². The van der Waals surface area contributed by atoms with Crippen molar-refractivity contribution in [3.05, 3.63) is 34.6 Å². The lowest BCUT2D eigenvalue weighted by Gasteiger charge is -2.13. The van der Waals surface area contributed by atoms with E-state index in [9.17, 15) is 9.50 Å². The Labute approximate surface area is 78.2 Å². The Morgan fingerprint density at radius 1 is 1.38 bits per heavy atom. The van der Waals surface area contributed by atoms with Crippen molar-refractivity contribution in [1.29, 1.82) is 0 Å². The second-order valence-corrected chi connectivity index (χ2v) is 3.40. The minimum Gasteiger partial charge on any atom is -0.388 e. The third-order valence-corrected chi connectivity index (χ3v) is 2.20. The van der Waals surface area contributed by atoms with E-state index >= 15 is 0 Å². The molecule has 0 bridgehead atoms. The van der Waals surface area contributed by atoms with Crippen LogP contribution in [0.5, 0.6) is 0 Å². The van der Waals surface area contributed by atoms with Gasteiger partial charge < -0.3 is 5.11 Å². The van der Waals surface area contributed by atoms with Crippen molar-refractivity contribution >= 4 is 0 Å². The van der Waals surface area contributed by atoms with E-state index in [2.05, 4.69) is 0 Å². The molecule has 1 aromatic carbocycles. The van der Waals surface area contributed by atoms with Crippen molar-refractivity contribution in [2.24, 2.45) is 0 Å². The number of aryl methyl sites for hydroxylation is 2. The second-order valence-electron chi connectivity index (χ2n) is 3.40. The fourth-order valence-electron chi connectivity index (χ4n) is 1.55. The highest BCUT2D eigenvalue weighted by atomic mass is 19.1.